The molecule has 0 saturated carbocycles. The standard InChI is InChI=1S/C10H19NOS/c1-2-12-6-3-5-11-8-10-4-7-13-9-10/h2,10-11H,1,3-9H2. The summed E-state index contributed by atoms with van der Waals surface area (Å²) in [5.74, 6) is 3.60. The molecule has 0 aliphatic carbocycles. The van der Waals surface area contributed by atoms with E-state index in [0.29, 0.717) is 0 Å². The van der Waals surface area contributed by atoms with Gasteiger partial charge in [0.1, 0.15) is 0 Å². The largest absolute Gasteiger partial charge is 0.502 e. The van der Waals surface area contributed by atoms with E-state index >= 15 is 0 Å². The second-order valence-corrected chi connectivity index (χ2v) is 4.47. The summed E-state index contributed by atoms with van der Waals surface area (Å²) in [7, 11) is 0. The van der Waals surface area contributed by atoms with E-state index in [0.717, 1.165) is 25.5 Å². The molecule has 1 saturated heterocycles. The molecule has 0 radical (unpaired) electrons. The number of rotatable bonds is 7. The van der Waals surface area contributed by atoms with Crippen LogP contribution in [-0.4, -0.2) is 31.2 Å². The van der Waals surface area contributed by atoms with Crippen molar-refractivity contribution in [3.8, 4) is 0 Å². The molecule has 3 heteroatoms. The second-order valence-electron chi connectivity index (χ2n) is 3.32. The van der Waals surface area contributed by atoms with Crippen molar-refractivity contribution < 1.29 is 4.74 Å². The Morgan fingerprint density at radius 3 is 3.23 bits per heavy atom. The molecular weight excluding hydrogens is 182 g/mol. The van der Waals surface area contributed by atoms with Crippen molar-refractivity contribution in [1.29, 1.82) is 0 Å². The van der Waals surface area contributed by atoms with Crippen molar-refractivity contribution in [2.45, 2.75) is 12.8 Å². The van der Waals surface area contributed by atoms with E-state index in [2.05, 4.69) is 23.7 Å². The Morgan fingerprint density at radius 1 is 1.62 bits per heavy atom. The van der Waals surface area contributed by atoms with Crippen molar-refractivity contribution in [2.75, 3.05) is 31.2 Å². The molecule has 1 unspecified atom stereocenters. The number of hydrogen-bond donors (Lipinski definition) is 1. The van der Waals surface area contributed by atoms with Crippen LogP contribution in [0.25, 0.3) is 0 Å². The van der Waals surface area contributed by atoms with Gasteiger partial charge in [-0.15, -0.1) is 0 Å². The third-order valence-electron chi connectivity index (χ3n) is 2.19. The van der Waals surface area contributed by atoms with Crippen LogP contribution in [0.3, 0.4) is 0 Å². The third-order valence-corrected chi connectivity index (χ3v) is 3.42. The molecule has 1 atom stereocenters. The normalized spacial score (nSPS) is 21.7. The zero-order valence-electron chi connectivity index (χ0n) is 8.13. The van der Waals surface area contributed by atoms with Crippen molar-refractivity contribution in [1.82, 2.24) is 5.32 Å². The lowest BCUT2D eigenvalue weighted by molar-refractivity contribution is 0.244. The first-order valence-electron chi connectivity index (χ1n) is 4.94. The van der Waals surface area contributed by atoms with Crippen molar-refractivity contribution in [3.05, 3.63) is 12.8 Å². The van der Waals surface area contributed by atoms with Gasteiger partial charge in [-0.3, -0.25) is 0 Å². The van der Waals surface area contributed by atoms with Gasteiger partial charge in [-0.1, -0.05) is 6.58 Å². The van der Waals surface area contributed by atoms with Crippen LogP contribution in [0.4, 0.5) is 0 Å². The molecule has 1 N–H and O–H groups in total. The fraction of sp³-hybridized carbons (Fsp3) is 0.800. The molecule has 13 heavy (non-hydrogen) atoms. The van der Waals surface area contributed by atoms with Crippen LogP contribution in [0.1, 0.15) is 12.8 Å². The van der Waals surface area contributed by atoms with Gasteiger partial charge in [0, 0.05) is 0 Å². The minimum absolute atomic E-state index is 0.788. The van der Waals surface area contributed by atoms with E-state index in [1.54, 1.807) is 0 Å². The van der Waals surface area contributed by atoms with Crippen molar-refractivity contribution in [2.24, 2.45) is 5.92 Å². The summed E-state index contributed by atoms with van der Waals surface area (Å²) in [6, 6.07) is 0. The number of thioether (sulfide) groups is 1. The Morgan fingerprint density at radius 2 is 2.54 bits per heavy atom. The molecule has 0 aromatic heterocycles. The molecule has 1 aliphatic rings. The monoisotopic (exact) mass is 201 g/mol. The lowest BCUT2D eigenvalue weighted by Crippen LogP contribution is -2.24. The van der Waals surface area contributed by atoms with Crippen LogP contribution < -0.4 is 5.32 Å². The fourth-order valence-corrected chi connectivity index (χ4v) is 2.70. The summed E-state index contributed by atoms with van der Waals surface area (Å²) in [5, 5.41) is 3.46. The highest BCUT2D eigenvalue weighted by Crippen LogP contribution is 2.22. The SMILES string of the molecule is C=COCCCNCC1CCSC1. The maximum Gasteiger partial charge on any atom is 0.0885 e. The van der Waals surface area contributed by atoms with E-state index in [4.69, 9.17) is 4.74 Å². The molecule has 0 aromatic carbocycles. The van der Waals surface area contributed by atoms with Crippen LogP contribution in [-0.2, 0) is 4.74 Å². The second kappa shape index (κ2) is 7.27. The Kier molecular flexibility index (Phi) is 6.11. The fourth-order valence-electron chi connectivity index (χ4n) is 1.41. The summed E-state index contributed by atoms with van der Waals surface area (Å²) < 4.78 is 5.03. The maximum atomic E-state index is 5.03. The molecule has 1 rings (SSSR count). The molecule has 76 valence electrons. The molecule has 1 aliphatic heterocycles. The topological polar surface area (TPSA) is 21.3 Å². The van der Waals surface area contributed by atoms with Crippen molar-refractivity contribution in [3.63, 3.8) is 0 Å². The maximum absolute atomic E-state index is 5.03. The average molecular weight is 201 g/mol. The molecule has 0 amide bonds. The Hall–Kier alpha value is -0.150. The Balaban J connectivity index is 1.80. The molecular formula is C10H19NOS. The van der Waals surface area contributed by atoms with Gasteiger partial charge < -0.3 is 10.1 Å². The van der Waals surface area contributed by atoms with Crippen LogP contribution in [0, 0.1) is 5.92 Å². The average Bonchev–Trinajstić information content (AvgIpc) is 2.63. The highest BCUT2D eigenvalue weighted by molar-refractivity contribution is 7.99. The Bertz CT molecular complexity index is 135. The van der Waals surface area contributed by atoms with E-state index in [1.165, 1.54) is 30.7 Å². The molecule has 2 nitrogen and oxygen atoms in total. The first kappa shape index (κ1) is 10.9. The summed E-state index contributed by atoms with van der Waals surface area (Å²) in [4.78, 5) is 0. The predicted octanol–water partition coefficient (Wildman–Crippen LogP) is 1.88. The molecule has 1 fully saturated rings. The van der Waals surface area contributed by atoms with E-state index in [-0.39, 0.29) is 0 Å². The number of nitrogens with one attached hydrogen (secondary N) is 1. The quantitative estimate of drug-likeness (QED) is 0.502. The third kappa shape index (κ3) is 5.21. The van der Waals surface area contributed by atoms with Gasteiger partial charge in [0.2, 0.25) is 0 Å². The number of ether oxygens (including phenoxy) is 1. The summed E-state index contributed by atoms with van der Waals surface area (Å²) >= 11 is 2.08. The predicted molar refractivity (Wildman–Crippen MR) is 59.1 cm³/mol. The highest BCUT2D eigenvalue weighted by Gasteiger charge is 2.13. The van der Waals surface area contributed by atoms with Crippen molar-refractivity contribution >= 4 is 11.8 Å². The molecule has 0 spiro atoms. The Labute approximate surface area is 85.1 Å². The van der Waals surface area contributed by atoms with Gasteiger partial charge in [-0.25, -0.2) is 0 Å². The van der Waals surface area contributed by atoms with Crippen LogP contribution in [0.2, 0.25) is 0 Å². The summed E-state index contributed by atoms with van der Waals surface area (Å²) in [5.41, 5.74) is 0. The smallest absolute Gasteiger partial charge is 0.0885 e. The lowest BCUT2D eigenvalue weighted by Gasteiger charge is -2.09. The summed E-state index contributed by atoms with van der Waals surface area (Å²) in [6.45, 7) is 6.53. The highest BCUT2D eigenvalue weighted by atomic mass is 32.2. The first-order valence-corrected chi connectivity index (χ1v) is 6.10. The van der Waals surface area contributed by atoms with Gasteiger partial charge in [0.25, 0.3) is 0 Å². The van der Waals surface area contributed by atoms with Crippen LogP contribution in [0.15, 0.2) is 12.8 Å². The van der Waals surface area contributed by atoms with Gasteiger partial charge in [0.15, 0.2) is 0 Å². The molecule has 1 heterocycles. The lowest BCUT2D eigenvalue weighted by atomic mass is 10.1. The molecule has 0 aromatic rings. The summed E-state index contributed by atoms with van der Waals surface area (Å²) in [6.07, 6.45) is 3.97. The van der Waals surface area contributed by atoms with E-state index in [1.807, 2.05) is 0 Å². The van der Waals surface area contributed by atoms with Gasteiger partial charge in [-0.05, 0) is 43.4 Å². The van der Waals surface area contributed by atoms with Crippen LogP contribution in [0.5, 0.6) is 0 Å². The van der Waals surface area contributed by atoms with E-state index in [9.17, 15) is 0 Å². The van der Waals surface area contributed by atoms with Gasteiger partial charge >= 0.3 is 0 Å². The van der Waals surface area contributed by atoms with Gasteiger partial charge in [-0.2, -0.15) is 11.8 Å². The zero-order chi connectivity index (χ0) is 9.36. The zero-order valence-corrected chi connectivity index (χ0v) is 8.94. The molecule has 0 bridgehead atoms. The number of hydrogen-bond acceptors (Lipinski definition) is 3. The first-order chi connectivity index (χ1) is 6.43. The minimum Gasteiger partial charge on any atom is -0.502 e. The van der Waals surface area contributed by atoms with Gasteiger partial charge in [0.05, 0.1) is 12.9 Å². The van der Waals surface area contributed by atoms with E-state index < -0.39 is 0 Å². The van der Waals surface area contributed by atoms with Crippen LogP contribution >= 0.6 is 11.8 Å². The minimum atomic E-state index is 0.788.